The van der Waals surface area contributed by atoms with Crippen LogP contribution in [-0.4, -0.2) is 35.5 Å². The number of ether oxygens (including phenoxy) is 2. The molecule has 4 rings (SSSR count). The number of aliphatic hydroxyl groups excluding tert-OH is 1. The van der Waals surface area contributed by atoms with Crippen molar-refractivity contribution in [2.75, 3.05) is 6.61 Å². The Morgan fingerprint density at radius 3 is 2.64 bits per heavy atom. The van der Waals surface area contributed by atoms with Crippen LogP contribution in [-0.2, 0) is 19.2 Å². The highest BCUT2D eigenvalue weighted by Gasteiger charge is 2.65. The van der Waals surface area contributed by atoms with Gasteiger partial charge in [0.2, 0.25) is 5.79 Å². The molecule has 0 saturated carbocycles. The van der Waals surface area contributed by atoms with Gasteiger partial charge in [-0.15, -0.1) is 0 Å². The van der Waals surface area contributed by atoms with Gasteiger partial charge in [0.05, 0.1) is 6.10 Å². The van der Waals surface area contributed by atoms with Crippen LogP contribution >= 0.6 is 0 Å². The van der Waals surface area contributed by atoms with E-state index in [0.29, 0.717) is 12.3 Å². The molecule has 1 spiro atoms. The standard InChI is InChI=1S/C17H30O5/c1-5-6-13-7-9-16(4)20-15-17(13,22-21-16)12(3)11(2)14(19-15)8-10-18/h11-15,18H,5-10H2,1-4H3. The normalized spacial score (nSPS) is 51.4. The molecule has 0 aromatic rings. The molecule has 0 aromatic heterocycles. The second kappa shape index (κ2) is 6.02. The lowest BCUT2D eigenvalue weighted by Gasteiger charge is -2.56. The van der Waals surface area contributed by atoms with Crippen LogP contribution in [0, 0.1) is 17.8 Å². The lowest BCUT2D eigenvalue weighted by molar-refractivity contribution is -0.567. The molecular formula is C17H30O5. The summed E-state index contributed by atoms with van der Waals surface area (Å²) in [6.45, 7) is 8.67. The maximum atomic E-state index is 9.31. The average Bonchev–Trinajstić information content (AvgIpc) is 2.70. The van der Waals surface area contributed by atoms with E-state index in [1.54, 1.807) is 0 Å². The second-order valence-corrected chi connectivity index (χ2v) is 7.46. The van der Waals surface area contributed by atoms with Crippen molar-refractivity contribution in [1.82, 2.24) is 0 Å². The summed E-state index contributed by atoms with van der Waals surface area (Å²) in [5, 5.41) is 9.31. The van der Waals surface area contributed by atoms with Crippen LogP contribution in [0.5, 0.6) is 0 Å². The third kappa shape index (κ3) is 2.42. The van der Waals surface area contributed by atoms with Crippen molar-refractivity contribution < 1.29 is 24.4 Å². The lowest BCUT2D eigenvalue weighted by Crippen LogP contribution is -2.67. The third-order valence-electron chi connectivity index (χ3n) is 6.11. The molecule has 2 bridgehead atoms. The molecular weight excluding hydrogens is 284 g/mol. The summed E-state index contributed by atoms with van der Waals surface area (Å²) in [7, 11) is 0. The van der Waals surface area contributed by atoms with Crippen LogP contribution in [0.15, 0.2) is 0 Å². The van der Waals surface area contributed by atoms with Crippen LogP contribution < -0.4 is 0 Å². The SMILES string of the molecule is CCCC1CCC2(C)OOC13C(OC(CCO)C(C)C3C)O2. The van der Waals surface area contributed by atoms with Gasteiger partial charge in [-0.1, -0.05) is 27.2 Å². The van der Waals surface area contributed by atoms with Gasteiger partial charge in [0, 0.05) is 13.0 Å². The highest BCUT2D eigenvalue weighted by molar-refractivity contribution is 5.05. The quantitative estimate of drug-likeness (QED) is 0.808. The van der Waals surface area contributed by atoms with Crippen molar-refractivity contribution in [2.45, 2.75) is 83.6 Å². The molecule has 0 amide bonds. The van der Waals surface area contributed by atoms with Gasteiger partial charge >= 0.3 is 0 Å². The fourth-order valence-corrected chi connectivity index (χ4v) is 4.55. The molecule has 5 heteroatoms. The first-order chi connectivity index (χ1) is 10.5. The van der Waals surface area contributed by atoms with Gasteiger partial charge in [-0.25, -0.2) is 9.78 Å². The van der Waals surface area contributed by atoms with Gasteiger partial charge in [0.15, 0.2) is 11.9 Å². The largest absolute Gasteiger partial charge is 0.396 e. The first kappa shape index (κ1) is 16.7. The Kier molecular flexibility index (Phi) is 4.56. The van der Waals surface area contributed by atoms with E-state index in [1.807, 2.05) is 6.92 Å². The highest BCUT2D eigenvalue weighted by Crippen LogP contribution is 2.55. The molecule has 4 heterocycles. The summed E-state index contributed by atoms with van der Waals surface area (Å²) in [6, 6.07) is 0. The van der Waals surface area contributed by atoms with Crippen molar-refractivity contribution in [3.05, 3.63) is 0 Å². The maximum Gasteiger partial charge on any atom is 0.201 e. The topological polar surface area (TPSA) is 57.2 Å². The molecule has 1 N–H and O–H groups in total. The maximum absolute atomic E-state index is 9.31. The van der Waals surface area contributed by atoms with E-state index >= 15 is 0 Å². The van der Waals surface area contributed by atoms with Crippen molar-refractivity contribution in [2.24, 2.45) is 17.8 Å². The lowest BCUT2D eigenvalue weighted by atomic mass is 9.66. The molecule has 7 atom stereocenters. The smallest absolute Gasteiger partial charge is 0.201 e. The minimum Gasteiger partial charge on any atom is -0.396 e. The monoisotopic (exact) mass is 314 g/mol. The van der Waals surface area contributed by atoms with E-state index < -0.39 is 17.7 Å². The van der Waals surface area contributed by atoms with E-state index in [0.717, 1.165) is 25.7 Å². The second-order valence-electron chi connectivity index (χ2n) is 7.46. The molecule has 5 nitrogen and oxygen atoms in total. The van der Waals surface area contributed by atoms with Crippen molar-refractivity contribution in [3.63, 3.8) is 0 Å². The van der Waals surface area contributed by atoms with Crippen molar-refractivity contribution in [3.8, 4) is 0 Å². The first-order valence-corrected chi connectivity index (χ1v) is 8.78. The van der Waals surface area contributed by atoms with E-state index in [4.69, 9.17) is 19.2 Å². The van der Waals surface area contributed by atoms with E-state index in [1.165, 1.54) is 0 Å². The Morgan fingerprint density at radius 2 is 1.95 bits per heavy atom. The van der Waals surface area contributed by atoms with Crippen LogP contribution in [0.25, 0.3) is 0 Å². The Hall–Kier alpha value is -0.200. The van der Waals surface area contributed by atoms with Crippen molar-refractivity contribution >= 4 is 0 Å². The van der Waals surface area contributed by atoms with Gasteiger partial charge in [0.1, 0.15) is 0 Å². The Morgan fingerprint density at radius 1 is 1.18 bits per heavy atom. The van der Waals surface area contributed by atoms with Crippen LogP contribution in [0.1, 0.15) is 59.8 Å². The Balaban J connectivity index is 1.96. The molecule has 0 radical (unpaired) electrons. The summed E-state index contributed by atoms with van der Waals surface area (Å²) in [6.07, 6.45) is 4.29. The molecule has 22 heavy (non-hydrogen) atoms. The first-order valence-electron chi connectivity index (χ1n) is 8.78. The summed E-state index contributed by atoms with van der Waals surface area (Å²) in [4.78, 5) is 11.7. The summed E-state index contributed by atoms with van der Waals surface area (Å²) in [5.74, 6) is 0.194. The Bertz CT molecular complexity index is 403. The Labute approximate surface area is 133 Å². The van der Waals surface area contributed by atoms with E-state index in [2.05, 4.69) is 20.8 Å². The van der Waals surface area contributed by atoms with Gasteiger partial charge in [-0.05, 0) is 43.9 Å². The molecule has 4 saturated heterocycles. The van der Waals surface area contributed by atoms with Gasteiger partial charge in [-0.3, -0.25) is 0 Å². The zero-order valence-electron chi connectivity index (χ0n) is 14.2. The number of rotatable bonds is 4. The molecule has 7 unspecified atom stereocenters. The molecule has 0 aliphatic carbocycles. The predicted molar refractivity (Wildman–Crippen MR) is 80.7 cm³/mol. The number of hydrogen-bond acceptors (Lipinski definition) is 5. The molecule has 0 aromatic carbocycles. The number of aliphatic hydroxyl groups is 1. The zero-order chi connectivity index (χ0) is 16.0. The van der Waals surface area contributed by atoms with Gasteiger partial charge < -0.3 is 14.6 Å². The molecule has 4 aliphatic rings. The summed E-state index contributed by atoms with van der Waals surface area (Å²) < 4.78 is 12.5. The van der Waals surface area contributed by atoms with Gasteiger partial charge in [0.25, 0.3) is 0 Å². The van der Waals surface area contributed by atoms with Crippen LogP contribution in [0.4, 0.5) is 0 Å². The predicted octanol–water partition coefficient (Wildman–Crippen LogP) is 3.01. The zero-order valence-corrected chi connectivity index (χ0v) is 14.2. The fourth-order valence-electron chi connectivity index (χ4n) is 4.55. The van der Waals surface area contributed by atoms with Crippen molar-refractivity contribution in [1.29, 1.82) is 0 Å². The minimum atomic E-state index is -0.722. The molecule has 4 fully saturated rings. The minimum absolute atomic E-state index is 0.00412. The van der Waals surface area contributed by atoms with Crippen LogP contribution in [0.2, 0.25) is 0 Å². The van der Waals surface area contributed by atoms with E-state index in [-0.39, 0.29) is 24.5 Å². The average molecular weight is 314 g/mol. The summed E-state index contributed by atoms with van der Waals surface area (Å²) >= 11 is 0. The molecule has 128 valence electrons. The summed E-state index contributed by atoms with van der Waals surface area (Å²) in [5.41, 5.74) is -0.530. The van der Waals surface area contributed by atoms with Crippen LogP contribution in [0.3, 0.4) is 0 Å². The molecule has 4 aliphatic heterocycles. The number of fused-ring (bicyclic) bond motifs is 3. The fraction of sp³-hybridized carbons (Fsp3) is 1.00. The van der Waals surface area contributed by atoms with E-state index in [9.17, 15) is 5.11 Å². The number of hydrogen-bond donors (Lipinski definition) is 1. The highest BCUT2D eigenvalue weighted by atomic mass is 17.3. The third-order valence-corrected chi connectivity index (χ3v) is 6.11. The van der Waals surface area contributed by atoms with Gasteiger partial charge in [-0.2, -0.15) is 0 Å².